The molecule has 130 valence electrons. The predicted molar refractivity (Wildman–Crippen MR) is 103 cm³/mol. The van der Waals surface area contributed by atoms with E-state index in [2.05, 4.69) is 39.1 Å². The van der Waals surface area contributed by atoms with Crippen molar-refractivity contribution in [2.45, 2.75) is 41.0 Å². The fourth-order valence-corrected chi connectivity index (χ4v) is 2.95. The molecule has 4 heteroatoms. The van der Waals surface area contributed by atoms with Crippen LogP contribution >= 0.6 is 0 Å². The Morgan fingerprint density at radius 1 is 1.16 bits per heavy atom. The van der Waals surface area contributed by atoms with Crippen LogP contribution in [0.2, 0.25) is 0 Å². The molecule has 0 fully saturated rings. The number of amides is 1. The van der Waals surface area contributed by atoms with Crippen molar-refractivity contribution in [2.24, 2.45) is 5.41 Å². The zero-order valence-corrected chi connectivity index (χ0v) is 15.6. The van der Waals surface area contributed by atoms with Crippen LogP contribution in [0.4, 0.5) is 5.82 Å². The van der Waals surface area contributed by atoms with Gasteiger partial charge in [0.05, 0.1) is 0 Å². The van der Waals surface area contributed by atoms with E-state index in [0.717, 1.165) is 33.8 Å². The second-order valence-corrected chi connectivity index (χ2v) is 7.84. The van der Waals surface area contributed by atoms with Gasteiger partial charge < -0.3 is 5.32 Å². The lowest BCUT2D eigenvalue weighted by Gasteiger charge is -2.17. The lowest BCUT2D eigenvalue weighted by molar-refractivity contribution is -0.117. The molecular weight excluding hydrogens is 310 g/mol. The Morgan fingerprint density at radius 2 is 1.88 bits per heavy atom. The summed E-state index contributed by atoms with van der Waals surface area (Å²) in [4.78, 5) is 17.4. The number of hydrogen-bond acceptors (Lipinski definition) is 2. The van der Waals surface area contributed by atoms with Gasteiger partial charge in [-0.25, -0.2) is 4.98 Å². The third kappa shape index (κ3) is 3.73. The first-order valence-corrected chi connectivity index (χ1v) is 8.59. The summed E-state index contributed by atoms with van der Waals surface area (Å²) in [5, 5.41) is 3.10. The summed E-state index contributed by atoms with van der Waals surface area (Å²) in [6.45, 7) is 10.3. The van der Waals surface area contributed by atoms with Crippen LogP contribution in [0.3, 0.4) is 0 Å². The summed E-state index contributed by atoms with van der Waals surface area (Å²) in [5.41, 5.74) is 4.89. The summed E-state index contributed by atoms with van der Waals surface area (Å²) < 4.78 is 1.95. The fraction of sp³-hybridized carbons (Fsp3) is 0.333. The van der Waals surface area contributed by atoms with E-state index in [4.69, 9.17) is 4.98 Å². The molecule has 25 heavy (non-hydrogen) atoms. The van der Waals surface area contributed by atoms with Crippen molar-refractivity contribution in [2.75, 3.05) is 5.32 Å². The van der Waals surface area contributed by atoms with Crippen LogP contribution in [0.5, 0.6) is 0 Å². The van der Waals surface area contributed by atoms with E-state index in [1.807, 2.05) is 47.9 Å². The Bertz CT molecular complexity index is 932. The van der Waals surface area contributed by atoms with Crippen LogP contribution in [0.25, 0.3) is 16.9 Å². The predicted octanol–water partition coefficient (Wildman–Crippen LogP) is 4.99. The molecule has 2 heterocycles. The third-order valence-electron chi connectivity index (χ3n) is 4.13. The first-order valence-electron chi connectivity index (χ1n) is 8.59. The molecule has 0 atom stereocenters. The highest BCUT2D eigenvalue weighted by Gasteiger charge is 2.21. The molecule has 0 aliphatic carbocycles. The standard InChI is InChI=1S/C21H25N3O/c1-14-10-11-24-17(12-14)22-19(16-9-7-6-8-15(16)2)20(24)23-18(25)13-21(3,4)5/h6-12H,13H2,1-5H3,(H,23,25). The van der Waals surface area contributed by atoms with E-state index in [1.165, 1.54) is 0 Å². The Hall–Kier alpha value is -2.62. The minimum absolute atomic E-state index is 0.00436. The Labute approximate surface area is 148 Å². The number of rotatable bonds is 3. The number of aryl methyl sites for hydroxylation is 2. The molecule has 2 aromatic heterocycles. The summed E-state index contributed by atoms with van der Waals surface area (Å²) in [6.07, 6.45) is 2.42. The van der Waals surface area contributed by atoms with Gasteiger partial charge in [-0.1, -0.05) is 45.0 Å². The number of aromatic nitrogens is 2. The average molecular weight is 335 g/mol. The molecule has 0 aliphatic rings. The van der Waals surface area contributed by atoms with Gasteiger partial charge in [0.15, 0.2) is 0 Å². The molecule has 1 amide bonds. The van der Waals surface area contributed by atoms with Gasteiger partial charge in [-0.2, -0.15) is 0 Å². The quantitative estimate of drug-likeness (QED) is 0.732. The van der Waals surface area contributed by atoms with Gasteiger partial charge in [0.1, 0.15) is 17.2 Å². The van der Waals surface area contributed by atoms with Gasteiger partial charge in [-0.05, 0) is 42.5 Å². The molecule has 0 unspecified atom stereocenters. The van der Waals surface area contributed by atoms with Crippen molar-refractivity contribution in [1.82, 2.24) is 9.38 Å². The summed E-state index contributed by atoms with van der Waals surface area (Å²) >= 11 is 0. The molecule has 4 nitrogen and oxygen atoms in total. The lowest BCUT2D eigenvalue weighted by atomic mass is 9.92. The largest absolute Gasteiger partial charge is 0.310 e. The van der Waals surface area contributed by atoms with E-state index < -0.39 is 0 Å². The van der Waals surface area contributed by atoms with Crippen molar-refractivity contribution >= 4 is 17.4 Å². The van der Waals surface area contributed by atoms with E-state index in [9.17, 15) is 4.79 Å². The number of anilines is 1. The topological polar surface area (TPSA) is 46.4 Å². The fourth-order valence-electron chi connectivity index (χ4n) is 2.95. The number of fused-ring (bicyclic) bond motifs is 1. The Kier molecular flexibility index (Phi) is 4.38. The van der Waals surface area contributed by atoms with Gasteiger partial charge in [0, 0.05) is 18.2 Å². The number of carbonyl (C=O) groups excluding carboxylic acids is 1. The van der Waals surface area contributed by atoms with E-state index in [1.54, 1.807) is 0 Å². The van der Waals surface area contributed by atoms with E-state index in [-0.39, 0.29) is 11.3 Å². The highest BCUT2D eigenvalue weighted by atomic mass is 16.1. The van der Waals surface area contributed by atoms with Crippen LogP contribution in [-0.2, 0) is 4.79 Å². The summed E-state index contributed by atoms with van der Waals surface area (Å²) in [5.74, 6) is 0.739. The second-order valence-electron chi connectivity index (χ2n) is 7.84. The maximum atomic E-state index is 12.6. The lowest BCUT2D eigenvalue weighted by Crippen LogP contribution is -2.20. The average Bonchev–Trinajstić information content (AvgIpc) is 2.83. The van der Waals surface area contributed by atoms with Crippen molar-refractivity contribution in [1.29, 1.82) is 0 Å². The molecule has 0 saturated carbocycles. The maximum Gasteiger partial charge on any atom is 0.226 e. The normalized spacial score (nSPS) is 11.7. The molecule has 3 rings (SSSR count). The maximum absolute atomic E-state index is 12.6. The minimum Gasteiger partial charge on any atom is -0.310 e. The molecule has 0 saturated heterocycles. The second kappa shape index (κ2) is 6.36. The third-order valence-corrected chi connectivity index (χ3v) is 4.13. The molecule has 0 aliphatic heterocycles. The smallest absolute Gasteiger partial charge is 0.226 e. The molecule has 0 bridgehead atoms. The molecule has 3 aromatic rings. The molecule has 0 spiro atoms. The zero-order valence-electron chi connectivity index (χ0n) is 15.6. The van der Waals surface area contributed by atoms with Gasteiger partial charge in [-0.15, -0.1) is 0 Å². The Balaban J connectivity index is 2.13. The Morgan fingerprint density at radius 3 is 2.56 bits per heavy atom. The number of benzene rings is 1. The van der Waals surface area contributed by atoms with Crippen LogP contribution < -0.4 is 5.32 Å². The minimum atomic E-state index is -0.0655. The summed E-state index contributed by atoms with van der Waals surface area (Å²) in [6, 6.07) is 12.2. The van der Waals surface area contributed by atoms with E-state index >= 15 is 0 Å². The number of hydrogen-bond donors (Lipinski definition) is 1. The van der Waals surface area contributed by atoms with Crippen molar-refractivity contribution in [3.63, 3.8) is 0 Å². The van der Waals surface area contributed by atoms with Crippen LogP contribution in [0, 0.1) is 19.3 Å². The number of nitrogens with one attached hydrogen (secondary N) is 1. The van der Waals surface area contributed by atoms with Gasteiger partial charge in [0.2, 0.25) is 5.91 Å². The number of imidazole rings is 1. The van der Waals surface area contributed by atoms with Crippen LogP contribution in [-0.4, -0.2) is 15.3 Å². The first-order chi connectivity index (χ1) is 11.7. The number of pyridine rings is 1. The highest BCUT2D eigenvalue weighted by Crippen LogP contribution is 2.32. The van der Waals surface area contributed by atoms with Crippen molar-refractivity contribution in [3.8, 4) is 11.3 Å². The molecule has 1 N–H and O–H groups in total. The SMILES string of the molecule is Cc1ccn2c(NC(=O)CC(C)(C)C)c(-c3ccccc3C)nc2c1. The highest BCUT2D eigenvalue weighted by molar-refractivity contribution is 5.95. The van der Waals surface area contributed by atoms with Crippen molar-refractivity contribution < 1.29 is 4.79 Å². The molecular formula is C21H25N3O. The number of nitrogens with zero attached hydrogens (tertiary/aromatic N) is 2. The molecule has 1 aromatic carbocycles. The van der Waals surface area contributed by atoms with E-state index in [0.29, 0.717) is 6.42 Å². The van der Waals surface area contributed by atoms with Crippen molar-refractivity contribution in [3.05, 3.63) is 53.7 Å². The van der Waals surface area contributed by atoms with Crippen LogP contribution in [0.15, 0.2) is 42.6 Å². The number of carbonyl (C=O) groups is 1. The monoisotopic (exact) mass is 335 g/mol. The van der Waals surface area contributed by atoms with Gasteiger partial charge >= 0.3 is 0 Å². The summed E-state index contributed by atoms with van der Waals surface area (Å²) in [7, 11) is 0. The molecule has 0 radical (unpaired) electrons. The zero-order chi connectivity index (χ0) is 18.2. The van der Waals surface area contributed by atoms with Crippen LogP contribution in [0.1, 0.15) is 38.3 Å². The van der Waals surface area contributed by atoms with Gasteiger partial charge in [-0.3, -0.25) is 9.20 Å². The van der Waals surface area contributed by atoms with Gasteiger partial charge in [0.25, 0.3) is 0 Å². The first kappa shape index (κ1) is 17.2.